The standard InChI is InChI=1S/C18H25N5O4S/c1-18(2,3)27-17(24)23-9-7-22(8-10-23)16-19-12-13-11-14(21-28(4,25)26)5-6-15(13)20-16/h5-6,11-12,21H,7-10H2,1-4H3. The Morgan fingerprint density at radius 3 is 2.46 bits per heavy atom. The van der Waals surface area contributed by atoms with E-state index in [2.05, 4.69) is 14.7 Å². The molecule has 0 spiro atoms. The van der Waals surface area contributed by atoms with Gasteiger partial charge in [-0.05, 0) is 39.0 Å². The summed E-state index contributed by atoms with van der Waals surface area (Å²) in [4.78, 5) is 24.8. The minimum atomic E-state index is -3.34. The van der Waals surface area contributed by atoms with Gasteiger partial charge in [-0.1, -0.05) is 0 Å². The van der Waals surface area contributed by atoms with Gasteiger partial charge in [0.1, 0.15) is 5.60 Å². The number of benzene rings is 1. The largest absolute Gasteiger partial charge is 0.444 e. The van der Waals surface area contributed by atoms with Crippen LogP contribution in [0.5, 0.6) is 0 Å². The van der Waals surface area contributed by atoms with E-state index >= 15 is 0 Å². The first-order chi connectivity index (χ1) is 13.0. The molecular weight excluding hydrogens is 382 g/mol. The van der Waals surface area contributed by atoms with Gasteiger partial charge in [-0.15, -0.1) is 0 Å². The van der Waals surface area contributed by atoms with Crippen molar-refractivity contribution in [3.8, 4) is 0 Å². The average molecular weight is 407 g/mol. The van der Waals surface area contributed by atoms with Crippen molar-refractivity contribution in [1.82, 2.24) is 14.9 Å². The van der Waals surface area contributed by atoms with E-state index in [1.165, 1.54) is 0 Å². The van der Waals surface area contributed by atoms with E-state index in [-0.39, 0.29) is 6.09 Å². The van der Waals surface area contributed by atoms with Crippen molar-refractivity contribution in [2.45, 2.75) is 26.4 Å². The molecule has 3 rings (SSSR count). The van der Waals surface area contributed by atoms with E-state index in [0.717, 1.165) is 17.2 Å². The summed E-state index contributed by atoms with van der Waals surface area (Å²) in [5, 5.41) is 0.741. The summed E-state index contributed by atoms with van der Waals surface area (Å²) in [6, 6.07) is 5.12. The van der Waals surface area contributed by atoms with Crippen LogP contribution in [0.1, 0.15) is 20.8 Å². The number of aromatic nitrogens is 2. The Hall–Kier alpha value is -2.62. The highest BCUT2D eigenvalue weighted by atomic mass is 32.2. The fourth-order valence-electron chi connectivity index (χ4n) is 2.87. The zero-order chi connectivity index (χ0) is 20.5. The predicted molar refractivity (Wildman–Crippen MR) is 108 cm³/mol. The first kappa shape index (κ1) is 20.1. The molecule has 0 bridgehead atoms. The summed E-state index contributed by atoms with van der Waals surface area (Å²) in [6.07, 6.45) is 2.47. The molecule has 1 aromatic heterocycles. The third-order valence-electron chi connectivity index (χ3n) is 4.08. The van der Waals surface area contributed by atoms with E-state index < -0.39 is 15.6 Å². The maximum Gasteiger partial charge on any atom is 0.410 e. The Morgan fingerprint density at radius 2 is 1.86 bits per heavy atom. The summed E-state index contributed by atoms with van der Waals surface area (Å²) in [5.41, 5.74) is 0.677. The fourth-order valence-corrected chi connectivity index (χ4v) is 3.42. The molecule has 1 fully saturated rings. The lowest BCUT2D eigenvalue weighted by Gasteiger charge is -2.35. The molecule has 0 unspecified atom stereocenters. The minimum Gasteiger partial charge on any atom is -0.444 e. The van der Waals surface area contributed by atoms with E-state index in [9.17, 15) is 13.2 Å². The number of nitrogens with one attached hydrogen (secondary N) is 1. The van der Waals surface area contributed by atoms with E-state index in [0.29, 0.717) is 37.8 Å². The topological polar surface area (TPSA) is 105 Å². The highest BCUT2D eigenvalue weighted by molar-refractivity contribution is 7.92. The van der Waals surface area contributed by atoms with Crippen LogP contribution in [0.25, 0.3) is 10.9 Å². The number of anilines is 2. The molecule has 2 aromatic rings. The summed E-state index contributed by atoms with van der Waals surface area (Å²) < 4.78 is 30.6. The van der Waals surface area contributed by atoms with E-state index in [1.807, 2.05) is 25.7 Å². The van der Waals surface area contributed by atoms with Gasteiger partial charge in [0.25, 0.3) is 0 Å². The summed E-state index contributed by atoms with van der Waals surface area (Å²) >= 11 is 0. The normalized spacial score (nSPS) is 15.6. The molecule has 0 radical (unpaired) electrons. The zero-order valence-electron chi connectivity index (χ0n) is 16.5. The molecule has 1 amide bonds. The first-order valence-electron chi connectivity index (χ1n) is 8.98. The molecule has 1 saturated heterocycles. The summed E-state index contributed by atoms with van der Waals surface area (Å²) in [7, 11) is -3.34. The third-order valence-corrected chi connectivity index (χ3v) is 4.69. The average Bonchev–Trinajstić information content (AvgIpc) is 2.58. The summed E-state index contributed by atoms with van der Waals surface area (Å²) in [6.45, 7) is 7.83. The van der Waals surface area contributed by atoms with Gasteiger partial charge < -0.3 is 14.5 Å². The Bertz CT molecular complexity index is 979. The predicted octanol–water partition coefficient (Wildman–Crippen LogP) is 2.06. The molecule has 1 aliphatic rings. The van der Waals surface area contributed by atoms with Gasteiger partial charge in [-0.3, -0.25) is 4.72 Å². The van der Waals surface area contributed by atoms with Gasteiger partial charge in [0.05, 0.1) is 11.8 Å². The Kier molecular flexibility index (Phi) is 5.33. The van der Waals surface area contributed by atoms with E-state index in [4.69, 9.17) is 4.74 Å². The Morgan fingerprint density at radius 1 is 1.18 bits per heavy atom. The summed E-state index contributed by atoms with van der Waals surface area (Å²) in [5.74, 6) is 0.583. The number of fused-ring (bicyclic) bond motifs is 1. The molecule has 1 aromatic carbocycles. The van der Waals surface area contributed by atoms with Gasteiger partial charge in [0.15, 0.2) is 0 Å². The van der Waals surface area contributed by atoms with Gasteiger partial charge in [-0.25, -0.2) is 23.2 Å². The number of sulfonamides is 1. The quantitative estimate of drug-likeness (QED) is 0.830. The van der Waals surface area contributed by atoms with Crippen molar-refractivity contribution in [2.24, 2.45) is 0 Å². The molecule has 2 heterocycles. The molecule has 0 aliphatic carbocycles. The SMILES string of the molecule is CC(C)(C)OC(=O)N1CCN(c2ncc3cc(NS(C)(=O)=O)ccc3n2)CC1. The molecule has 0 atom stereocenters. The van der Waals surface area contributed by atoms with Crippen LogP contribution in [0.15, 0.2) is 24.4 Å². The number of amides is 1. The second-order valence-electron chi connectivity index (χ2n) is 7.77. The second-order valence-corrected chi connectivity index (χ2v) is 9.52. The highest BCUT2D eigenvalue weighted by Crippen LogP contribution is 2.21. The molecular formula is C18H25N5O4S. The van der Waals surface area contributed by atoms with Gasteiger partial charge in [0.2, 0.25) is 16.0 Å². The van der Waals surface area contributed by atoms with Gasteiger partial charge in [-0.2, -0.15) is 0 Å². The van der Waals surface area contributed by atoms with Crippen LogP contribution < -0.4 is 9.62 Å². The second kappa shape index (κ2) is 7.42. The molecule has 9 nitrogen and oxygen atoms in total. The number of hydrogen-bond donors (Lipinski definition) is 1. The molecule has 1 N–H and O–H groups in total. The van der Waals surface area contributed by atoms with Crippen LogP contribution in [0.3, 0.4) is 0 Å². The van der Waals surface area contributed by atoms with Crippen molar-refractivity contribution in [3.05, 3.63) is 24.4 Å². The number of rotatable bonds is 3. The van der Waals surface area contributed by atoms with Crippen molar-refractivity contribution in [3.63, 3.8) is 0 Å². The maximum absolute atomic E-state index is 12.2. The maximum atomic E-state index is 12.2. The number of ether oxygens (including phenoxy) is 1. The Balaban J connectivity index is 1.68. The number of hydrogen-bond acceptors (Lipinski definition) is 7. The van der Waals surface area contributed by atoms with Crippen molar-refractivity contribution < 1.29 is 17.9 Å². The number of carbonyl (C=O) groups excluding carboxylic acids is 1. The van der Waals surface area contributed by atoms with Gasteiger partial charge >= 0.3 is 6.09 Å². The number of piperazine rings is 1. The lowest BCUT2D eigenvalue weighted by Crippen LogP contribution is -2.50. The van der Waals surface area contributed by atoms with Crippen LogP contribution in [0, 0.1) is 0 Å². The van der Waals surface area contributed by atoms with Crippen LogP contribution in [0.4, 0.5) is 16.4 Å². The lowest BCUT2D eigenvalue weighted by atomic mass is 10.2. The number of carbonyl (C=O) groups is 1. The third kappa shape index (κ3) is 5.22. The van der Waals surface area contributed by atoms with Crippen LogP contribution in [-0.2, 0) is 14.8 Å². The van der Waals surface area contributed by atoms with Gasteiger partial charge in [0, 0.05) is 43.4 Å². The smallest absolute Gasteiger partial charge is 0.410 e. The molecule has 0 saturated carbocycles. The molecule has 1 aliphatic heterocycles. The molecule has 28 heavy (non-hydrogen) atoms. The molecule has 10 heteroatoms. The Labute approximate surface area is 164 Å². The highest BCUT2D eigenvalue weighted by Gasteiger charge is 2.26. The van der Waals surface area contributed by atoms with Crippen LogP contribution >= 0.6 is 0 Å². The lowest BCUT2D eigenvalue weighted by molar-refractivity contribution is 0.0240. The van der Waals surface area contributed by atoms with E-state index in [1.54, 1.807) is 29.3 Å². The minimum absolute atomic E-state index is 0.308. The van der Waals surface area contributed by atoms with Crippen LogP contribution in [-0.4, -0.2) is 67.4 Å². The zero-order valence-corrected chi connectivity index (χ0v) is 17.3. The van der Waals surface area contributed by atoms with Crippen LogP contribution in [0.2, 0.25) is 0 Å². The fraction of sp³-hybridized carbons (Fsp3) is 0.500. The van der Waals surface area contributed by atoms with Crippen molar-refractivity contribution in [2.75, 3.05) is 42.1 Å². The van der Waals surface area contributed by atoms with Crippen molar-refractivity contribution >= 4 is 38.7 Å². The monoisotopic (exact) mass is 407 g/mol. The van der Waals surface area contributed by atoms with Crippen molar-refractivity contribution in [1.29, 1.82) is 0 Å². The number of nitrogens with zero attached hydrogens (tertiary/aromatic N) is 4. The molecule has 152 valence electrons. The first-order valence-corrected chi connectivity index (χ1v) is 10.9.